The molecule has 4 nitrogen and oxygen atoms in total. The van der Waals surface area contributed by atoms with Crippen LogP contribution in [0.4, 0.5) is 5.69 Å². The second-order valence-electron chi connectivity index (χ2n) is 3.28. The van der Waals surface area contributed by atoms with Gasteiger partial charge in [-0.1, -0.05) is 18.2 Å². The lowest BCUT2D eigenvalue weighted by molar-refractivity contribution is 0.276. The van der Waals surface area contributed by atoms with E-state index in [4.69, 9.17) is 15.6 Å². The first-order valence-electron chi connectivity index (χ1n) is 4.87. The maximum absolute atomic E-state index is 9.14. The van der Waals surface area contributed by atoms with Crippen molar-refractivity contribution in [3.63, 3.8) is 0 Å². The highest BCUT2D eigenvalue weighted by molar-refractivity contribution is 5.52. The van der Waals surface area contributed by atoms with Crippen LogP contribution in [0.2, 0.25) is 0 Å². The van der Waals surface area contributed by atoms with E-state index in [2.05, 4.69) is 4.98 Å². The number of hydrogen-bond acceptors (Lipinski definition) is 4. The van der Waals surface area contributed by atoms with Gasteiger partial charge >= 0.3 is 0 Å². The van der Waals surface area contributed by atoms with Gasteiger partial charge in [0.05, 0.1) is 18.5 Å². The molecule has 0 saturated carbocycles. The van der Waals surface area contributed by atoms with Crippen molar-refractivity contribution in [1.29, 1.82) is 0 Å². The van der Waals surface area contributed by atoms with E-state index in [1.54, 1.807) is 24.4 Å². The Morgan fingerprint density at radius 3 is 2.75 bits per heavy atom. The summed E-state index contributed by atoms with van der Waals surface area (Å²) in [5.41, 5.74) is 6.90. The third kappa shape index (κ3) is 2.12. The summed E-state index contributed by atoms with van der Waals surface area (Å²) >= 11 is 0. The van der Waals surface area contributed by atoms with E-state index in [1.165, 1.54) is 6.20 Å². The molecular formula is C12H12N2O2. The van der Waals surface area contributed by atoms with Crippen molar-refractivity contribution in [2.75, 3.05) is 5.73 Å². The third-order valence-corrected chi connectivity index (χ3v) is 2.17. The molecule has 2 aromatic rings. The Kier molecular flexibility index (Phi) is 3.03. The van der Waals surface area contributed by atoms with E-state index < -0.39 is 0 Å². The lowest BCUT2D eigenvalue weighted by Crippen LogP contribution is -1.95. The molecule has 1 aromatic heterocycles. The monoisotopic (exact) mass is 216 g/mol. The Labute approximate surface area is 93.3 Å². The number of benzene rings is 1. The number of hydrogen-bond donors (Lipinski definition) is 2. The van der Waals surface area contributed by atoms with Crippen LogP contribution in [0.3, 0.4) is 0 Å². The molecule has 1 heterocycles. The van der Waals surface area contributed by atoms with Crippen LogP contribution in [-0.4, -0.2) is 10.1 Å². The molecule has 0 unspecified atom stereocenters. The molecule has 0 fully saturated rings. The van der Waals surface area contributed by atoms with Gasteiger partial charge in [-0.15, -0.1) is 0 Å². The predicted octanol–water partition coefficient (Wildman–Crippen LogP) is 1.95. The lowest BCUT2D eigenvalue weighted by atomic mass is 10.2. The van der Waals surface area contributed by atoms with Crippen LogP contribution in [0, 0.1) is 0 Å². The molecule has 16 heavy (non-hydrogen) atoms. The number of aromatic nitrogens is 1. The smallest absolute Gasteiger partial charge is 0.153 e. The molecule has 1 aromatic carbocycles. The quantitative estimate of drug-likeness (QED) is 0.822. The normalized spacial score (nSPS) is 10.1. The summed E-state index contributed by atoms with van der Waals surface area (Å²) in [6.45, 7) is -0.0683. The zero-order valence-electron chi connectivity index (χ0n) is 8.63. The molecule has 0 atom stereocenters. The number of nitrogens with two attached hydrogens (primary N) is 1. The standard InChI is InChI=1S/C12H12N2O2/c13-10-7-14-6-5-12(10)16-11-4-2-1-3-9(11)8-15/h1-7,15H,8,13H2. The second kappa shape index (κ2) is 4.63. The molecular weight excluding hydrogens is 204 g/mol. The molecule has 0 radical (unpaired) electrons. The van der Waals surface area contributed by atoms with Crippen molar-refractivity contribution in [1.82, 2.24) is 4.98 Å². The molecule has 0 aliphatic carbocycles. The number of rotatable bonds is 3. The fraction of sp³-hybridized carbons (Fsp3) is 0.0833. The summed E-state index contributed by atoms with van der Waals surface area (Å²) in [7, 11) is 0. The number of nitrogens with zero attached hydrogens (tertiary/aromatic N) is 1. The van der Waals surface area contributed by atoms with Crippen molar-refractivity contribution < 1.29 is 9.84 Å². The van der Waals surface area contributed by atoms with Crippen LogP contribution in [0.5, 0.6) is 11.5 Å². The number of ether oxygens (including phenoxy) is 1. The van der Waals surface area contributed by atoms with Crippen molar-refractivity contribution in [2.45, 2.75) is 6.61 Å². The first kappa shape index (κ1) is 10.4. The van der Waals surface area contributed by atoms with Crippen LogP contribution in [0.15, 0.2) is 42.7 Å². The largest absolute Gasteiger partial charge is 0.455 e. The Bertz CT molecular complexity index is 486. The minimum atomic E-state index is -0.0683. The van der Waals surface area contributed by atoms with Gasteiger partial charge in [-0.05, 0) is 6.07 Å². The molecule has 0 spiro atoms. The molecule has 0 saturated heterocycles. The van der Waals surface area contributed by atoms with Crippen molar-refractivity contribution in [3.8, 4) is 11.5 Å². The van der Waals surface area contributed by atoms with Gasteiger partial charge in [-0.3, -0.25) is 4.98 Å². The molecule has 0 amide bonds. The highest BCUT2D eigenvalue weighted by Crippen LogP contribution is 2.28. The summed E-state index contributed by atoms with van der Waals surface area (Å²) < 4.78 is 5.61. The van der Waals surface area contributed by atoms with Crippen LogP contribution in [-0.2, 0) is 6.61 Å². The molecule has 4 heteroatoms. The number of pyridine rings is 1. The van der Waals surface area contributed by atoms with E-state index in [0.29, 0.717) is 17.2 Å². The van der Waals surface area contributed by atoms with Crippen LogP contribution < -0.4 is 10.5 Å². The van der Waals surface area contributed by atoms with E-state index in [-0.39, 0.29) is 6.61 Å². The average Bonchev–Trinajstić information content (AvgIpc) is 2.33. The van der Waals surface area contributed by atoms with Gasteiger partial charge in [0.15, 0.2) is 5.75 Å². The topological polar surface area (TPSA) is 68.4 Å². The van der Waals surface area contributed by atoms with Gasteiger partial charge in [-0.2, -0.15) is 0 Å². The molecule has 3 N–H and O–H groups in total. The van der Waals surface area contributed by atoms with Crippen LogP contribution in [0.1, 0.15) is 5.56 Å². The Hall–Kier alpha value is -2.07. The summed E-state index contributed by atoms with van der Waals surface area (Å²) in [6.07, 6.45) is 3.13. The number of nitrogen functional groups attached to an aromatic ring is 1. The van der Waals surface area contributed by atoms with Gasteiger partial charge < -0.3 is 15.6 Å². The summed E-state index contributed by atoms with van der Waals surface area (Å²) in [5, 5.41) is 9.14. The van der Waals surface area contributed by atoms with Crippen molar-refractivity contribution in [2.24, 2.45) is 0 Å². The van der Waals surface area contributed by atoms with E-state index in [1.807, 2.05) is 12.1 Å². The number of anilines is 1. The van der Waals surface area contributed by atoms with Gasteiger partial charge in [0.2, 0.25) is 0 Å². The Morgan fingerprint density at radius 1 is 1.19 bits per heavy atom. The number of aliphatic hydroxyl groups is 1. The maximum atomic E-state index is 9.14. The SMILES string of the molecule is Nc1cnccc1Oc1ccccc1CO. The zero-order valence-corrected chi connectivity index (χ0v) is 8.63. The molecule has 0 bridgehead atoms. The van der Waals surface area contributed by atoms with Gasteiger partial charge in [0.1, 0.15) is 5.75 Å². The van der Waals surface area contributed by atoms with E-state index >= 15 is 0 Å². The van der Waals surface area contributed by atoms with Crippen molar-refractivity contribution in [3.05, 3.63) is 48.3 Å². The number of aliphatic hydroxyl groups excluding tert-OH is 1. The highest BCUT2D eigenvalue weighted by atomic mass is 16.5. The minimum Gasteiger partial charge on any atom is -0.455 e. The van der Waals surface area contributed by atoms with Gasteiger partial charge in [0, 0.05) is 17.8 Å². The van der Waals surface area contributed by atoms with Gasteiger partial charge in [0.25, 0.3) is 0 Å². The third-order valence-electron chi connectivity index (χ3n) is 2.17. The van der Waals surface area contributed by atoms with E-state index in [9.17, 15) is 0 Å². The highest BCUT2D eigenvalue weighted by Gasteiger charge is 2.05. The maximum Gasteiger partial charge on any atom is 0.153 e. The first-order valence-corrected chi connectivity index (χ1v) is 4.87. The fourth-order valence-electron chi connectivity index (χ4n) is 1.34. The summed E-state index contributed by atoms with van der Waals surface area (Å²) in [4.78, 5) is 3.87. The van der Waals surface area contributed by atoms with Crippen LogP contribution >= 0.6 is 0 Å². The van der Waals surface area contributed by atoms with Crippen LogP contribution in [0.25, 0.3) is 0 Å². The molecule has 82 valence electrons. The predicted molar refractivity (Wildman–Crippen MR) is 61.1 cm³/mol. The Balaban J connectivity index is 2.30. The van der Waals surface area contributed by atoms with E-state index in [0.717, 1.165) is 5.56 Å². The summed E-state index contributed by atoms with van der Waals surface area (Å²) in [5.74, 6) is 1.14. The average molecular weight is 216 g/mol. The molecule has 2 rings (SSSR count). The number of para-hydroxylation sites is 1. The lowest BCUT2D eigenvalue weighted by Gasteiger charge is -2.10. The molecule has 0 aliphatic heterocycles. The zero-order chi connectivity index (χ0) is 11.4. The second-order valence-corrected chi connectivity index (χ2v) is 3.28. The Morgan fingerprint density at radius 2 is 2.00 bits per heavy atom. The van der Waals surface area contributed by atoms with Gasteiger partial charge in [-0.25, -0.2) is 0 Å². The van der Waals surface area contributed by atoms with Crippen molar-refractivity contribution >= 4 is 5.69 Å². The minimum absolute atomic E-state index is 0.0683. The molecule has 0 aliphatic rings. The first-order chi connectivity index (χ1) is 7.81. The summed E-state index contributed by atoms with van der Waals surface area (Å²) in [6, 6.07) is 8.95. The fourth-order valence-corrected chi connectivity index (χ4v) is 1.34.